The Bertz CT molecular complexity index is 768. The van der Waals surface area contributed by atoms with Gasteiger partial charge < -0.3 is 0 Å². The first-order valence-corrected chi connectivity index (χ1v) is 5.06. The van der Waals surface area contributed by atoms with Crippen molar-refractivity contribution in [2.45, 2.75) is 0 Å². The van der Waals surface area contributed by atoms with Gasteiger partial charge in [-0.3, -0.25) is 18.4 Å². The summed E-state index contributed by atoms with van der Waals surface area (Å²) in [5.74, 6) is 0. The highest BCUT2D eigenvalue weighted by Gasteiger charge is 2.09. The first-order valence-electron chi connectivity index (χ1n) is 4.25. The van der Waals surface area contributed by atoms with Crippen LogP contribution in [0.25, 0.3) is 15.7 Å². The molecule has 74 valence electrons. The van der Waals surface area contributed by atoms with E-state index in [4.69, 9.17) is 0 Å². The zero-order valence-corrected chi connectivity index (χ0v) is 8.25. The lowest BCUT2D eigenvalue weighted by molar-refractivity contribution is 1.07. The van der Waals surface area contributed by atoms with Crippen LogP contribution in [0.3, 0.4) is 0 Å². The zero-order valence-electron chi connectivity index (χ0n) is 7.43. The van der Waals surface area contributed by atoms with Crippen LogP contribution < -0.4 is 11.1 Å². The van der Waals surface area contributed by atoms with Crippen molar-refractivity contribution in [1.82, 2.24) is 13.8 Å². The second-order valence-corrected chi connectivity index (χ2v) is 3.92. The van der Waals surface area contributed by atoms with E-state index in [0.29, 0.717) is 10.3 Å². The fourth-order valence-corrected chi connectivity index (χ4v) is 2.27. The van der Waals surface area contributed by atoms with Crippen LogP contribution in [0.15, 0.2) is 34.1 Å². The molecule has 3 rings (SSSR count). The number of rotatable bonds is 0. The van der Waals surface area contributed by atoms with Crippen LogP contribution in [-0.2, 0) is 0 Å². The number of fused-ring (bicyclic) bond motifs is 2. The summed E-state index contributed by atoms with van der Waals surface area (Å²) in [7, 11) is 0. The highest BCUT2D eigenvalue weighted by molar-refractivity contribution is 7.13. The van der Waals surface area contributed by atoms with E-state index in [1.165, 1.54) is 4.40 Å². The molecule has 1 N–H and O–H groups in total. The largest absolute Gasteiger partial charge is 0.277 e. The molecule has 0 saturated heterocycles. The molecular weight excluding hydrogens is 214 g/mol. The summed E-state index contributed by atoms with van der Waals surface area (Å²) in [6.07, 6.45) is 3.21. The average molecular weight is 219 g/mol. The van der Waals surface area contributed by atoms with Crippen molar-refractivity contribution in [2.75, 3.05) is 0 Å². The Labute approximate surface area is 86.8 Å². The van der Waals surface area contributed by atoms with Gasteiger partial charge in [0.05, 0.1) is 4.70 Å². The van der Waals surface area contributed by atoms with E-state index in [0.717, 1.165) is 11.5 Å². The maximum absolute atomic E-state index is 11.9. The van der Waals surface area contributed by atoms with E-state index < -0.39 is 0 Å². The molecule has 15 heavy (non-hydrogen) atoms. The zero-order chi connectivity index (χ0) is 10.4. The fraction of sp³-hybridized carbons (Fsp3) is 0. The van der Waals surface area contributed by atoms with Gasteiger partial charge in [0.15, 0.2) is 0 Å². The van der Waals surface area contributed by atoms with E-state index in [2.05, 4.69) is 9.36 Å². The van der Waals surface area contributed by atoms with Crippen LogP contribution in [0.4, 0.5) is 0 Å². The Morgan fingerprint density at radius 1 is 1.40 bits per heavy atom. The molecule has 0 bridgehead atoms. The van der Waals surface area contributed by atoms with Crippen LogP contribution in [0.5, 0.6) is 0 Å². The minimum Gasteiger partial charge on any atom is -0.277 e. The quantitative estimate of drug-likeness (QED) is 0.602. The van der Waals surface area contributed by atoms with Crippen LogP contribution in [0, 0.1) is 0 Å². The Kier molecular flexibility index (Phi) is 1.54. The summed E-state index contributed by atoms with van der Waals surface area (Å²) in [6.45, 7) is 0. The molecule has 0 aliphatic rings. The standard InChI is InChI=1S/C9H5N3O2S/c13-8-7-5(15-11-8)4-6-10-2-1-3-12(6)9(7)14/h1-4H,(H,11,13). The van der Waals surface area contributed by atoms with E-state index in [-0.39, 0.29) is 16.5 Å². The highest BCUT2D eigenvalue weighted by Crippen LogP contribution is 2.11. The van der Waals surface area contributed by atoms with Crippen molar-refractivity contribution in [3.63, 3.8) is 0 Å². The minimum absolute atomic E-state index is 0.200. The van der Waals surface area contributed by atoms with Crippen LogP contribution in [0.2, 0.25) is 0 Å². The number of hydrogen-bond acceptors (Lipinski definition) is 4. The maximum Gasteiger partial charge on any atom is 0.271 e. The van der Waals surface area contributed by atoms with Gasteiger partial charge in [0.25, 0.3) is 11.1 Å². The number of aromatic nitrogens is 3. The second kappa shape index (κ2) is 2.77. The van der Waals surface area contributed by atoms with E-state index in [9.17, 15) is 9.59 Å². The molecule has 3 aromatic rings. The summed E-state index contributed by atoms with van der Waals surface area (Å²) in [6, 6.07) is 3.38. The molecule has 3 heterocycles. The summed E-state index contributed by atoms with van der Waals surface area (Å²) < 4.78 is 4.54. The second-order valence-electron chi connectivity index (χ2n) is 3.07. The van der Waals surface area contributed by atoms with Gasteiger partial charge in [-0.15, -0.1) is 0 Å². The lowest BCUT2D eigenvalue weighted by atomic mass is 10.3. The Morgan fingerprint density at radius 2 is 2.27 bits per heavy atom. The summed E-state index contributed by atoms with van der Waals surface area (Å²) in [4.78, 5) is 27.3. The third-order valence-corrected chi connectivity index (χ3v) is 3.02. The van der Waals surface area contributed by atoms with Crippen molar-refractivity contribution in [2.24, 2.45) is 0 Å². The van der Waals surface area contributed by atoms with Gasteiger partial charge in [0, 0.05) is 18.5 Å². The minimum atomic E-state index is -0.335. The third kappa shape index (κ3) is 1.05. The number of nitrogens with zero attached hydrogens (tertiary/aromatic N) is 2. The monoisotopic (exact) mass is 219 g/mol. The van der Waals surface area contributed by atoms with Crippen molar-refractivity contribution < 1.29 is 0 Å². The van der Waals surface area contributed by atoms with E-state index in [1.54, 1.807) is 24.5 Å². The number of pyridine rings is 1. The predicted molar refractivity (Wildman–Crippen MR) is 57.5 cm³/mol. The van der Waals surface area contributed by atoms with Gasteiger partial charge in [-0.25, -0.2) is 4.98 Å². The first kappa shape index (κ1) is 8.37. The van der Waals surface area contributed by atoms with Gasteiger partial charge in [-0.1, -0.05) is 11.5 Å². The third-order valence-electron chi connectivity index (χ3n) is 2.19. The van der Waals surface area contributed by atoms with E-state index in [1.807, 2.05) is 0 Å². The predicted octanol–water partition coefficient (Wildman–Crippen LogP) is 0.597. The molecular formula is C9H5N3O2S. The molecule has 0 aliphatic heterocycles. The van der Waals surface area contributed by atoms with Gasteiger partial charge in [0.2, 0.25) is 0 Å². The molecule has 0 radical (unpaired) electrons. The van der Waals surface area contributed by atoms with Gasteiger partial charge in [0.1, 0.15) is 11.0 Å². The first-order chi connectivity index (χ1) is 7.27. The molecule has 0 aliphatic carbocycles. The summed E-state index contributed by atoms with van der Waals surface area (Å²) in [5.41, 5.74) is -0.110. The summed E-state index contributed by atoms with van der Waals surface area (Å²) in [5, 5.41) is 0.200. The van der Waals surface area contributed by atoms with Crippen LogP contribution in [0.1, 0.15) is 0 Å². The van der Waals surface area contributed by atoms with Gasteiger partial charge in [-0.05, 0) is 6.07 Å². The normalized spacial score (nSPS) is 11.2. The number of nitrogens with one attached hydrogen (secondary N) is 1. The molecule has 0 unspecified atom stereocenters. The van der Waals surface area contributed by atoms with Crippen molar-refractivity contribution in [3.8, 4) is 0 Å². The molecule has 0 atom stereocenters. The summed E-state index contributed by atoms with van der Waals surface area (Å²) >= 11 is 1.15. The molecule has 6 heteroatoms. The van der Waals surface area contributed by atoms with Crippen molar-refractivity contribution in [3.05, 3.63) is 45.2 Å². The van der Waals surface area contributed by atoms with Crippen molar-refractivity contribution >= 4 is 27.3 Å². The Morgan fingerprint density at radius 3 is 3.13 bits per heavy atom. The molecule has 0 spiro atoms. The fourth-order valence-electron chi connectivity index (χ4n) is 1.52. The smallest absolute Gasteiger partial charge is 0.271 e. The van der Waals surface area contributed by atoms with Crippen molar-refractivity contribution in [1.29, 1.82) is 0 Å². The topological polar surface area (TPSA) is 67.2 Å². The van der Waals surface area contributed by atoms with Crippen LogP contribution in [-0.4, -0.2) is 13.8 Å². The van der Waals surface area contributed by atoms with Gasteiger partial charge >= 0.3 is 0 Å². The Hall–Kier alpha value is -1.95. The van der Waals surface area contributed by atoms with Gasteiger partial charge in [-0.2, -0.15) is 0 Å². The maximum atomic E-state index is 11.9. The molecule has 3 aromatic heterocycles. The number of H-pyrrole nitrogens is 1. The average Bonchev–Trinajstić information content (AvgIpc) is 2.61. The van der Waals surface area contributed by atoms with E-state index >= 15 is 0 Å². The lowest BCUT2D eigenvalue weighted by Crippen LogP contribution is -2.18. The molecule has 0 amide bonds. The molecule has 0 aromatic carbocycles. The molecule has 0 fully saturated rings. The SMILES string of the molecule is O=c1[nH]sc2cc3ncccn3c(=O)c12. The highest BCUT2D eigenvalue weighted by atomic mass is 32.1. The van der Waals surface area contributed by atoms with Crippen LogP contribution >= 0.6 is 11.5 Å². The number of aromatic amines is 1. The lowest BCUT2D eigenvalue weighted by Gasteiger charge is -1.97. The molecule has 5 nitrogen and oxygen atoms in total. The Balaban J connectivity index is 2.75. The number of hydrogen-bond donors (Lipinski definition) is 1. The molecule has 0 saturated carbocycles.